The van der Waals surface area contributed by atoms with E-state index >= 15 is 0 Å². The van der Waals surface area contributed by atoms with Crippen LogP contribution in [0.2, 0.25) is 5.02 Å². The van der Waals surface area contributed by atoms with E-state index in [1.165, 1.54) is 0 Å². The van der Waals surface area contributed by atoms with Crippen LogP contribution in [0.25, 0.3) is 6.08 Å². The normalized spacial score (nSPS) is 11.1. The minimum atomic E-state index is -0.0766. The molecule has 0 atom stereocenters. The number of halogens is 1. The summed E-state index contributed by atoms with van der Waals surface area (Å²) < 4.78 is 13.1. The summed E-state index contributed by atoms with van der Waals surface area (Å²) >= 11 is 6.26. The summed E-state index contributed by atoms with van der Waals surface area (Å²) in [5.41, 5.74) is 4.28. The van der Waals surface area contributed by atoms with Crippen LogP contribution in [0, 0.1) is 13.8 Å². The van der Waals surface area contributed by atoms with E-state index in [0.29, 0.717) is 28.7 Å². The van der Waals surface area contributed by atoms with Crippen LogP contribution in [0.3, 0.4) is 0 Å². The third-order valence-electron chi connectivity index (χ3n) is 4.87. The maximum absolute atomic E-state index is 12.5. The molecule has 3 rings (SSSR count). The van der Waals surface area contributed by atoms with Crippen molar-refractivity contribution < 1.29 is 14.3 Å². The molecule has 0 saturated heterocycles. The molecule has 2 aromatic carbocycles. The molecular weight excluding hydrogens is 400 g/mol. The summed E-state index contributed by atoms with van der Waals surface area (Å²) in [7, 11) is 1.62. The molecule has 0 spiro atoms. The van der Waals surface area contributed by atoms with E-state index in [4.69, 9.17) is 21.1 Å². The Morgan fingerprint density at radius 3 is 2.60 bits per heavy atom. The first-order chi connectivity index (χ1) is 14.4. The van der Waals surface area contributed by atoms with Crippen LogP contribution < -0.4 is 9.47 Å². The number of hydrogen-bond donors (Lipinski definition) is 0. The minimum Gasteiger partial charge on any atom is -0.496 e. The first-order valence-electron chi connectivity index (χ1n) is 9.73. The summed E-state index contributed by atoms with van der Waals surface area (Å²) in [4.78, 5) is 12.5. The van der Waals surface area contributed by atoms with Gasteiger partial charge in [-0.1, -0.05) is 29.8 Å². The van der Waals surface area contributed by atoms with Crippen molar-refractivity contribution in [3.05, 3.63) is 81.6 Å². The summed E-state index contributed by atoms with van der Waals surface area (Å²) in [5.74, 6) is 1.25. The van der Waals surface area contributed by atoms with E-state index in [9.17, 15) is 4.79 Å². The fraction of sp³-hybridized carbons (Fsp3) is 0.250. The first kappa shape index (κ1) is 21.7. The second-order valence-electron chi connectivity index (χ2n) is 6.95. The Kier molecular flexibility index (Phi) is 6.95. The summed E-state index contributed by atoms with van der Waals surface area (Å²) in [6.07, 6.45) is 4.96. The zero-order chi connectivity index (χ0) is 21.7. The first-order valence-corrected chi connectivity index (χ1v) is 10.1. The second kappa shape index (κ2) is 9.63. The third kappa shape index (κ3) is 4.92. The largest absolute Gasteiger partial charge is 0.496 e. The van der Waals surface area contributed by atoms with Gasteiger partial charge in [-0.05, 0) is 62.2 Å². The summed E-state index contributed by atoms with van der Waals surface area (Å²) in [6, 6.07) is 11.4. The molecule has 0 N–H and O–H groups in total. The van der Waals surface area contributed by atoms with E-state index < -0.39 is 0 Å². The maximum Gasteiger partial charge on any atom is 0.189 e. The number of allylic oxidation sites excluding steroid dienone is 1. The highest BCUT2D eigenvalue weighted by Gasteiger charge is 2.11. The highest BCUT2D eigenvalue weighted by Crippen LogP contribution is 2.28. The van der Waals surface area contributed by atoms with Crippen molar-refractivity contribution in [2.24, 2.45) is 0 Å². The van der Waals surface area contributed by atoms with Gasteiger partial charge in [-0.25, -0.2) is 0 Å². The van der Waals surface area contributed by atoms with Gasteiger partial charge in [0.15, 0.2) is 5.78 Å². The van der Waals surface area contributed by atoms with Gasteiger partial charge in [-0.2, -0.15) is 5.10 Å². The third-order valence-corrected chi connectivity index (χ3v) is 5.17. The molecule has 0 fully saturated rings. The monoisotopic (exact) mass is 424 g/mol. The average molecular weight is 425 g/mol. The Hall–Kier alpha value is -3.05. The molecule has 0 radical (unpaired) electrons. The maximum atomic E-state index is 12.5. The van der Waals surface area contributed by atoms with Crippen molar-refractivity contribution in [1.29, 1.82) is 0 Å². The van der Waals surface area contributed by atoms with Gasteiger partial charge in [0.2, 0.25) is 0 Å². The number of nitrogens with zero attached hydrogens (tertiary/aromatic N) is 2. The molecule has 0 aliphatic heterocycles. The smallest absolute Gasteiger partial charge is 0.189 e. The lowest BCUT2D eigenvalue weighted by atomic mass is 10.1. The quantitative estimate of drug-likeness (QED) is 0.346. The Morgan fingerprint density at radius 1 is 1.17 bits per heavy atom. The second-order valence-corrected chi connectivity index (χ2v) is 7.36. The lowest BCUT2D eigenvalue weighted by molar-refractivity contribution is 0.104. The zero-order valence-electron chi connectivity index (χ0n) is 17.6. The number of methoxy groups -OCH3 is 1. The van der Waals surface area contributed by atoms with Gasteiger partial charge in [-0.15, -0.1) is 0 Å². The average Bonchev–Trinajstić information content (AvgIpc) is 3.12. The predicted octanol–water partition coefficient (Wildman–Crippen LogP) is 5.66. The minimum absolute atomic E-state index is 0.0766. The van der Waals surface area contributed by atoms with Gasteiger partial charge in [-0.3, -0.25) is 9.48 Å². The molecule has 30 heavy (non-hydrogen) atoms. The van der Waals surface area contributed by atoms with Crippen LogP contribution in [-0.2, 0) is 13.2 Å². The molecule has 0 aliphatic carbocycles. The van der Waals surface area contributed by atoms with Crippen LogP contribution >= 0.6 is 11.6 Å². The number of ether oxygens (including phenoxy) is 2. The summed E-state index contributed by atoms with van der Waals surface area (Å²) in [5, 5.41) is 4.80. The molecule has 3 aromatic rings. The molecular formula is C24H25ClN2O3. The van der Waals surface area contributed by atoms with Crippen molar-refractivity contribution >= 4 is 23.5 Å². The zero-order valence-corrected chi connectivity index (χ0v) is 18.4. The number of rotatable bonds is 8. The Balaban J connectivity index is 1.77. The van der Waals surface area contributed by atoms with Crippen molar-refractivity contribution in [2.75, 3.05) is 7.11 Å². The van der Waals surface area contributed by atoms with Gasteiger partial charge in [0.25, 0.3) is 0 Å². The number of carbonyl (C=O) groups is 1. The van der Waals surface area contributed by atoms with Gasteiger partial charge >= 0.3 is 0 Å². The Bertz CT molecular complexity index is 1090. The Labute approximate surface area is 181 Å². The van der Waals surface area contributed by atoms with Gasteiger partial charge in [0.05, 0.1) is 23.9 Å². The molecule has 5 nitrogen and oxygen atoms in total. The molecule has 6 heteroatoms. The molecule has 0 aliphatic rings. The summed E-state index contributed by atoms with van der Waals surface area (Å²) in [6.45, 7) is 6.90. The van der Waals surface area contributed by atoms with Crippen LogP contribution in [0.4, 0.5) is 0 Å². The number of aromatic nitrogens is 2. The van der Waals surface area contributed by atoms with Crippen LogP contribution in [0.15, 0.2) is 48.7 Å². The lowest BCUT2D eigenvalue weighted by Gasteiger charge is -2.12. The molecule has 0 saturated carbocycles. The van der Waals surface area contributed by atoms with E-state index in [1.807, 2.05) is 57.2 Å². The van der Waals surface area contributed by atoms with E-state index in [2.05, 4.69) is 5.10 Å². The Morgan fingerprint density at radius 2 is 1.93 bits per heavy atom. The van der Waals surface area contributed by atoms with Gasteiger partial charge in [0.1, 0.15) is 18.1 Å². The van der Waals surface area contributed by atoms with E-state index in [1.54, 1.807) is 30.1 Å². The number of benzene rings is 2. The van der Waals surface area contributed by atoms with Crippen LogP contribution in [0.5, 0.6) is 11.5 Å². The molecule has 1 aromatic heterocycles. The van der Waals surface area contributed by atoms with Crippen molar-refractivity contribution in [3.63, 3.8) is 0 Å². The van der Waals surface area contributed by atoms with E-state index in [-0.39, 0.29) is 5.78 Å². The highest BCUT2D eigenvalue weighted by molar-refractivity contribution is 6.32. The SMILES string of the molecule is CCn1ncc(C(=O)/C=C/c2ccc(OC)c(COc3ccc(C)cc3Cl)c2)c1C. The standard InChI is InChI=1S/C24H25ClN2O3/c1-5-27-17(3)20(14-26-27)22(28)9-7-18-8-11-23(29-4)19(13-18)15-30-24-10-6-16(2)12-21(24)25/h6-14H,5,15H2,1-4H3/b9-7+. The number of aryl methyl sites for hydroxylation is 2. The highest BCUT2D eigenvalue weighted by atomic mass is 35.5. The predicted molar refractivity (Wildman–Crippen MR) is 120 cm³/mol. The molecule has 1 heterocycles. The molecule has 0 amide bonds. The van der Waals surface area contributed by atoms with Crippen molar-refractivity contribution in [3.8, 4) is 11.5 Å². The van der Waals surface area contributed by atoms with Gasteiger partial charge < -0.3 is 9.47 Å². The van der Waals surface area contributed by atoms with Crippen molar-refractivity contribution in [2.45, 2.75) is 33.9 Å². The number of carbonyl (C=O) groups excluding carboxylic acids is 1. The van der Waals surface area contributed by atoms with E-state index in [0.717, 1.165) is 28.9 Å². The lowest BCUT2D eigenvalue weighted by Crippen LogP contribution is -2.02. The van der Waals surface area contributed by atoms with Crippen molar-refractivity contribution in [1.82, 2.24) is 9.78 Å². The fourth-order valence-electron chi connectivity index (χ4n) is 3.16. The molecule has 0 unspecified atom stereocenters. The number of hydrogen-bond acceptors (Lipinski definition) is 4. The van der Waals surface area contributed by atoms with Crippen LogP contribution in [-0.4, -0.2) is 22.7 Å². The topological polar surface area (TPSA) is 53.4 Å². The number of ketones is 1. The van der Waals surface area contributed by atoms with Gasteiger partial charge in [0, 0.05) is 17.8 Å². The fourth-order valence-corrected chi connectivity index (χ4v) is 3.45. The molecule has 0 bridgehead atoms. The van der Waals surface area contributed by atoms with Crippen LogP contribution in [0.1, 0.15) is 39.7 Å². The molecule has 156 valence electrons.